The van der Waals surface area contributed by atoms with Crippen LogP contribution in [0.2, 0.25) is 0 Å². The molecule has 0 aliphatic carbocycles. The van der Waals surface area contributed by atoms with Gasteiger partial charge in [-0.1, -0.05) is 60.1 Å². The highest BCUT2D eigenvalue weighted by atomic mass is 35.5. The molecule has 4 rings (SSSR count). The van der Waals surface area contributed by atoms with E-state index in [0.29, 0.717) is 0 Å². The minimum atomic E-state index is -4.71. The Morgan fingerprint density at radius 1 is 0.870 bits per heavy atom. The molecule has 4 aromatic carbocycles. The van der Waals surface area contributed by atoms with Crippen molar-refractivity contribution < 1.29 is 32.1 Å². The van der Waals surface area contributed by atoms with Crippen LogP contribution in [0, 0.1) is 41.0 Å². The molecular weight excluding hydrogens is 657 g/mol. The van der Waals surface area contributed by atoms with E-state index in [1.807, 2.05) is 0 Å². The van der Waals surface area contributed by atoms with Crippen LogP contribution in [0.1, 0.15) is 27.0 Å². The fourth-order valence-electron chi connectivity index (χ4n) is 4.61. The highest BCUT2D eigenvalue weighted by Gasteiger charge is 2.39. The summed E-state index contributed by atoms with van der Waals surface area (Å²) >= 11 is 6.08. The van der Waals surface area contributed by atoms with Crippen LogP contribution in [0.3, 0.4) is 0 Å². The summed E-state index contributed by atoms with van der Waals surface area (Å²) in [5.74, 6) is -1.26. The topological polar surface area (TPSA) is 167 Å². The molecule has 238 valence electrons. The van der Waals surface area contributed by atoms with Gasteiger partial charge in [0.25, 0.3) is 21.4 Å². The third kappa shape index (κ3) is 6.86. The number of benzene rings is 4. The Morgan fingerprint density at radius 3 is 1.85 bits per heavy atom. The summed E-state index contributed by atoms with van der Waals surface area (Å²) in [6.45, 7) is 7.92. The van der Waals surface area contributed by atoms with Gasteiger partial charge in [0.15, 0.2) is 0 Å². The van der Waals surface area contributed by atoms with E-state index in [4.69, 9.17) is 16.1 Å². The minimum Gasteiger partial charge on any atom is -0.401 e. The molecule has 4 aromatic rings. The van der Waals surface area contributed by atoms with Gasteiger partial charge in [-0.05, 0) is 56.2 Å². The zero-order valence-corrected chi connectivity index (χ0v) is 27.2. The van der Waals surface area contributed by atoms with E-state index in [1.54, 1.807) is 19.1 Å². The lowest BCUT2D eigenvalue weighted by atomic mass is 10.2. The molecule has 46 heavy (non-hydrogen) atoms. The Bertz CT molecular complexity index is 1980. The molecule has 0 unspecified atom stereocenters. The molecule has 0 radical (unpaired) electrons. The van der Waals surface area contributed by atoms with E-state index in [0.717, 1.165) is 22.0 Å². The highest BCUT2D eigenvalue weighted by Crippen LogP contribution is 2.49. The van der Waals surface area contributed by atoms with E-state index in [2.05, 4.69) is 6.58 Å². The second-order valence-electron chi connectivity index (χ2n) is 10.2. The molecule has 0 fully saturated rings. The number of hydrogen-bond acceptors (Lipinski definition) is 9. The molecular formula is C31H27ClN3O9PS. The smallest absolute Gasteiger partial charge is 0.345 e. The molecule has 0 N–H and O–H groups in total. The van der Waals surface area contributed by atoms with Gasteiger partial charge in [0.2, 0.25) is 0 Å². The molecule has 0 bridgehead atoms. The maximum Gasteiger partial charge on any atom is 0.345 e. The fraction of sp³-hybridized carbons (Fsp3) is 0.129. The van der Waals surface area contributed by atoms with Crippen LogP contribution in [0.5, 0.6) is 0 Å². The van der Waals surface area contributed by atoms with Crippen LogP contribution in [0.25, 0.3) is 0 Å². The van der Waals surface area contributed by atoms with Crippen molar-refractivity contribution in [1.29, 1.82) is 0 Å². The fourth-order valence-corrected chi connectivity index (χ4v) is 8.75. The molecule has 0 aromatic heterocycles. The lowest BCUT2D eigenvalue weighted by Crippen LogP contribution is -2.34. The first-order valence-electron chi connectivity index (χ1n) is 13.4. The first-order chi connectivity index (χ1) is 21.6. The Hall–Kier alpha value is -4.84. The lowest BCUT2D eigenvalue weighted by molar-refractivity contribution is -0.384. The van der Waals surface area contributed by atoms with Crippen molar-refractivity contribution in [3.63, 3.8) is 0 Å². The summed E-state index contributed by atoms with van der Waals surface area (Å²) in [5, 5.41) is 22.8. The maximum atomic E-state index is 15.0. The van der Waals surface area contributed by atoms with Crippen molar-refractivity contribution in [2.45, 2.75) is 25.7 Å². The lowest BCUT2D eigenvalue weighted by Gasteiger charge is -2.27. The molecule has 12 nitrogen and oxygen atoms in total. The Kier molecular flexibility index (Phi) is 9.81. The summed E-state index contributed by atoms with van der Waals surface area (Å²) in [6, 6.07) is 18.4. The monoisotopic (exact) mass is 683 g/mol. The van der Waals surface area contributed by atoms with Crippen molar-refractivity contribution in [3.05, 3.63) is 139 Å². The number of anilines is 1. The number of aryl methyl sites for hydroxylation is 3. The number of carbonyl (C=O) groups excluding carboxylic acids is 1. The quantitative estimate of drug-likeness (QED) is 0.0978. The first-order valence-corrected chi connectivity index (χ1v) is 16.9. The van der Waals surface area contributed by atoms with Crippen LogP contribution in [0.15, 0.2) is 101 Å². The number of non-ortho nitro benzene ring substituents is 2. The van der Waals surface area contributed by atoms with Crippen molar-refractivity contribution in [2.75, 3.05) is 10.8 Å². The van der Waals surface area contributed by atoms with Crippen molar-refractivity contribution in [3.8, 4) is 0 Å². The van der Waals surface area contributed by atoms with E-state index < -0.39 is 51.1 Å². The van der Waals surface area contributed by atoms with Crippen LogP contribution < -0.4 is 14.9 Å². The predicted molar refractivity (Wildman–Crippen MR) is 175 cm³/mol. The zero-order valence-electron chi connectivity index (χ0n) is 24.7. The van der Waals surface area contributed by atoms with Crippen LogP contribution >= 0.6 is 19.0 Å². The summed E-state index contributed by atoms with van der Waals surface area (Å²) in [5.41, 5.74) is -0.172. The van der Waals surface area contributed by atoms with Gasteiger partial charge in [0.05, 0.1) is 43.1 Å². The van der Waals surface area contributed by atoms with Gasteiger partial charge in [0, 0.05) is 29.3 Å². The molecule has 15 heteroatoms. The van der Waals surface area contributed by atoms with Gasteiger partial charge in [-0.15, -0.1) is 0 Å². The number of hydrogen-bond donors (Lipinski definition) is 0. The molecule has 0 atom stereocenters. The largest absolute Gasteiger partial charge is 0.401 e. The average Bonchev–Trinajstić information content (AvgIpc) is 3.00. The molecule has 0 amide bonds. The number of rotatable bonds is 11. The number of sulfonamides is 1. The van der Waals surface area contributed by atoms with Crippen LogP contribution in [0.4, 0.5) is 17.1 Å². The van der Waals surface area contributed by atoms with Gasteiger partial charge in [-0.2, -0.15) is 0 Å². The normalized spacial score (nSPS) is 11.5. The molecule has 0 heterocycles. The SMILES string of the molecule is C=C(Cl)CN(c1ccccc1C(=O)OP(=O)(c1cc([N+](=O)[O-])ccc1C)c1cc([N+](=O)[O-])ccc1C)S(=O)(=O)c1ccc(C)cc1. The number of para-hydroxylation sites is 1. The van der Waals surface area contributed by atoms with Gasteiger partial charge < -0.3 is 4.52 Å². The number of nitro groups is 2. The van der Waals surface area contributed by atoms with Gasteiger partial charge in [0.1, 0.15) is 0 Å². The van der Waals surface area contributed by atoms with E-state index in [9.17, 15) is 33.4 Å². The van der Waals surface area contributed by atoms with Gasteiger partial charge in [-0.3, -0.25) is 29.1 Å². The molecule has 0 aliphatic heterocycles. The Morgan fingerprint density at radius 2 is 1.37 bits per heavy atom. The number of nitro benzene ring substituents is 2. The van der Waals surface area contributed by atoms with Gasteiger partial charge >= 0.3 is 13.3 Å². The van der Waals surface area contributed by atoms with Crippen molar-refractivity contribution in [2.24, 2.45) is 0 Å². The van der Waals surface area contributed by atoms with Gasteiger partial charge in [-0.25, -0.2) is 13.2 Å². The summed E-state index contributed by atoms with van der Waals surface area (Å²) < 4.78 is 49.4. The predicted octanol–water partition coefficient (Wildman–Crippen LogP) is 6.46. The summed E-state index contributed by atoms with van der Waals surface area (Å²) in [6.07, 6.45) is 0. The van der Waals surface area contributed by atoms with E-state index >= 15 is 4.57 Å². The summed E-state index contributed by atoms with van der Waals surface area (Å²) in [7, 11) is -9.06. The third-order valence-electron chi connectivity index (χ3n) is 6.97. The van der Waals surface area contributed by atoms with Crippen molar-refractivity contribution in [1.82, 2.24) is 0 Å². The Labute approximate surface area is 269 Å². The second-order valence-corrected chi connectivity index (χ2v) is 14.9. The number of halogens is 1. The summed E-state index contributed by atoms with van der Waals surface area (Å²) in [4.78, 5) is 35.8. The highest BCUT2D eigenvalue weighted by molar-refractivity contribution is 7.92. The molecule has 0 aliphatic rings. The third-order valence-corrected chi connectivity index (χ3v) is 11.5. The second kappa shape index (κ2) is 13.3. The first kappa shape index (κ1) is 34.0. The van der Waals surface area contributed by atoms with Crippen LogP contribution in [-0.4, -0.2) is 30.8 Å². The minimum absolute atomic E-state index is 0.0797. The molecule has 0 spiro atoms. The molecule has 0 saturated heterocycles. The Balaban J connectivity index is 1.94. The molecule has 0 saturated carbocycles. The average molecular weight is 684 g/mol. The van der Waals surface area contributed by atoms with Crippen molar-refractivity contribution >= 4 is 62.6 Å². The number of nitrogens with zero attached hydrogens (tertiary/aromatic N) is 3. The standard InChI is InChI=1S/C31H27ClN3O9PS/c1-20-9-15-26(16-10-20)46(42,43)33(19-23(4)32)28-8-6-5-7-27(28)31(36)44-45(41,29-17-24(34(37)38)13-11-21(29)2)30-18-25(35(39)40)14-12-22(30)3/h5-18H,4,19H2,1-3H3. The van der Waals surface area contributed by atoms with Crippen LogP contribution in [-0.2, 0) is 19.1 Å². The maximum absolute atomic E-state index is 15.0. The zero-order chi connectivity index (χ0) is 34.0. The van der Waals surface area contributed by atoms with E-state index in [-0.39, 0.29) is 42.9 Å². The number of carbonyl (C=O) groups is 1. The van der Waals surface area contributed by atoms with E-state index in [1.165, 1.54) is 74.5 Å².